The predicted octanol–water partition coefficient (Wildman–Crippen LogP) is 2.53. The van der Waals surface area contributed by atoms with Gasteiger partial charge in [0.05, 0.1) is 0 Å². The van der Waals surface area contributed by atoms with E-state index in [2.05, 4.69) is 24.0 Å². The Bertz CT molecular complexity index is 341. The molecule has 0 amide bonds. The van der Waals surface area contributed by atoms with Crippen LogP contribution in [0.25, 0.3) is 0 Å². The second-order valence-electron chi connectivity index (χ2n) is 4.66. The highest BCUT2D eigenvalue weighted by Gasteiger charge is 2.35. The van der Waals surface area contributed by atoms with Gasteiger partial charge in [0, 0.05) is 11.4 Å². The topological polar surface area (TPSA) is 12.5 Å². The van der Waals surface area contributed by atoms with Crippen LogP contribution in [0.3, 0.4) is 0 Å². The molecule has 2 bridgehead atoms. The van der Waals surface area contributed by atoms with Crippen molar-refractivity contribution in [1.82, 2.24) is 4.90 Å². The lowest BCUT2D eigenvalue weighted by Gasteiger charge is -2.44. The quantitative estimate of drug-likeness (QED) is 0.764. The number of fused-ring (bicyclic) bond motifs is 3. The summed E-state index contributed by atoms with van der Waals surface area (Å²) in [6.45, 7) is 5.84. The number of piperidine rings is 3. The van der Waals surface area contributed by atoms with Gasteiger partial charge in [-0.2, -0.15) is 0 Å². The van der Waals surface area contributed by atoms with Crippen molar-refractivity contribution in [3.05, 3.63) is 17.0 Å². The van der Waals surface area contributed by atoms with Gasteiger partial charge in [-0.1, -0.05) is 0 Å². The minimum atomic E-state index is 0.450. The first kappa shape index (κ1) is 9.67. The summed E-state index contributed by atoms with van der Waals surface area (Å²) >= 11 is 1.77. The Labute approximate surface area is 94.9 Å². The van der Waals surface area contributed by atoms with Crippen molar-refractivity contribution in [2.45, 2.75) is 25.9 Å². The summed E-state index contributed by atoms with van der Waals surface area (Å²) in [5.41, 5.74) is 0. The maximum absolute atomic E-state index is 6.09. The Hall–Kier alpha value is -0.540. The second kappa shape index (κ2) is 3.80. The molecule has 4 heterocycles. The zero-order valence-electron chi connectivity index (χ0n) is 9.11. The van der Waals surface area contributed by atoms with Crippen molar-refractivity contribution in [1.29, 1.82) is 0 Å². The van der Waals surface area contributed by atoms with Crippen LogP contribution in [0.15, 0.2) is 12.1 Å². The molecule has 82 valence electrons. The molecule has 15 heavy (non-hydrogen) atoms. The largest absolute Gasteiger partial charge is 0.479 e. The third-order valence-corrected chi connectivity index (χ3v) is 4.47. The van der Waals surface area contributed by atoms with E-state index < -0.39 is 0 Å². The number of aryl methyl sites for hydroxylation is 1. The van der Waals surface area contributed by atoms with E-state index >= 15 is 0 Å². The van der Waals surface area contributed by atoms with Crippen molar-refractivity contribution >= 4 is 11.3 Å². The Morgan fingerprint density at radius 1 is 1.33 bits per heavy atom. The summed E-state index contributed by atoms with van der Waals surface area (Å²) in [6.07, 6.45) is 3.11. The smallest absolute Gasteiger partial charge is 0.174 e. The molecular formula is C12H17NOS. The van der Waals surface area contributed by atoms with Crippen LogP contribution in [-0.4, -0.2) is 30.6 Å². The van der Waals surface area contributed by atoms with Gasteiger partial charge in [-0.25, -0.2) is 0 Å². The molecule has 0 aliphatic carbocycles. The Morgan fingerprint density at radius 2 is 2.13 bits per heavy atom. The van der Waals surface area contributed by atoms with Crippen molar-refractivity contribution in [3.63, 3.8) is 0 Å². The molecule has 0 spiro atoms. The maximum Gasteiger partial charge on any atom is 0.174 e. The summed E-state index contributed by atoms with van der Waals surface area (Å²) in [4.78, 5) is 3.87. The van der Waals surface area contributed by atoms with E-state index in [1.165, 1.54) is 30.8 Å². The van der Waals surface area contributed by atoms with E-state index in [0.29, 0.717) is 6.10 Å². The van der Waals surface area contributed by atoms with E-state index in [1.807, 2.05) is 0 Å². The summed E-state index contributed by atoms with van der Waals surface area (Å²) < 4.78 is 6.09. The summed E-state index contributed by atoms with van der Waals surface area (Å²) in [5.74, 6) is 0.803. The molecule has 4 rings (SSSR count). The van der Waals surface area contributed by atoms with Crippen LogP contribution in [0, 0.1) is 12.8 Å². The Kier molecular flexibility index (Phi) is 2.45. The average Bonchev–Trinajstić information content (AvgIpc) is 2.66. The third kappa shape index (κ3) is 1.91. The van der Waals surface area contributed by atoms with Gasteiger partial charge in [-0.15, -0.1) is 11.3 Å². The van der Waals surface area contributed by atoms with Gasteiger partial charge in [0.2, 0.25) is 0 Å². The number of ether oxygens (including phenoxy) is 1. The van der Waals surface area contributed by atoms with E-state index in [9.17, 15) is 0 Å². The molecule has 1 aromatic heterocycles. The molecule has 2 nitrogen and oxygen atoms in total. The zero-order valence-corrected chi connectivity index (χ0v) is 9.93. The number of nitrogens with zero attached hydrogens (tertiary/aromatic N) is 1. The molecular weight excluding hydrogens is 206 g/mol. The fourth-order valence-corrected chi connectivity index (χ4v) is 3.43. The van der Waals surface area contributed by atoms with E-state index in [-0.39, 0.29) is 0 Å². The lowest BCUT2D eigenvalue weighted by atomic mass is 9.86. The first-order valence-corrected chi connectivity index (χ1v) is 6.58. The number of hydrogen-bond donors (Lipinski definition) is 0. The summed E-state index contributed by atoms with van der Waals surface area (Å²) in [7, 11) is 0. The Morgan fingerprint density at radius 3 is 2.67 bits per heavy atom. The summed E-state index contributed by atoms with van der Waals surface area (Å²) in [6, 6.07) is 4.25. The van der Waals surface area contributed by atoms with Crippen LogP contribution < -0.4 is 4.74 Å². The molecule has 0 unspecified atom stereocenters. The first-order valence-electron chi connectivity index (χ1n) is 5.77. The molecule has 3 aliphatic rings. The van der Waals surface area contributed by atoms with E-state index in [1.54, 1.807) is 11.3 Å². The predicted molar refractivity (Wildman–Crippen MR) is 62.6 cm³/mol. The van der Waals surface area contributed by atoms with Gasteiger partial charge in [0.15, 0.2) is 5.06 Å². The van der Waals surface area contributed by atoms with Crippen molar-refractivity contribution in [2.24, 2.45) is 5.92 Å². The highest BCUT2D eigenvalue weighted by molar-refractivity contribution is 7.13. The highest BCUT2D eigenvalue weighted by Crippen LogP contribution is 2.33. The summed E-state index contributed by atoms with van der Waals surface area (Å²) in [5, 5.41) is 1.10. The molecule has 3 fully saturated rings. The SMILES string of the molecule is Cc1ccc(O[C@H]2CN3CCC2CC3)s1. The van der Waals surface area contributed by atoms with Gasteiger partial charge in [-0.05, 0) is 50.9 Å². The van der Waals surface area contributed by atoms with Gasteiger partial charge in [0.1, 0.15) is 6.10 Å². The van der Waals surface area contributed by atoms with E-state index in [0.717, 1.165) is 17.5 Å². The average molecular weight is 223 g/mol. The minimum Gasteiger partial charge on any atom is -0.479 e. The molecule has 0 aromatic carbocycles. The van der Waals surface area contributed by atoms with Crippen molar-refractivity contribution < 1.29 is 4.74 Å². The number of thiophene rings is 1. The van der Waals surface area contributed by atoms with Crippen LogP contribution in [0.2, 0.25) is 0 Å². The van der Waals surface area contributed by atoms with Gasteiger partial charge in [0.25, 0.3) is 0 Å². The van der Waals surface area contributed by atoms with Crippen LogP contribution in [0.5, 0.6) is 5.06 Å². The molecule has 0 radical (unpaired) electrons. The first-order chi connectivity index (χ1) is 7.31. The molecule has 1 atom stereocenters. The standard InChI is InChI=1S/C12H17NOS/c1-9-2-3-12(15-9)14-11-8-13-6-4-10(11)5-7-13/h2-3,10-11H,4-8H2,1H3/t11-/m0/s1. The monoisotopic (exact) mass is 223 g/mol. The fraction of sp³-hybridized carbons (Fsp3) is 0.667. The molecule has 1 aromatic rings. The molecule has 3 heteroatoms. The third-order valence-electron chi connectivity index (χ3n) is 3.58. The van der Waals surface area contributed by atoms with Crippen LogP contribution in [0.4, 0.5) is 0 Å². The van der Waals surface area contributed by atoms with E-state index in [4.69, 9.17) is 4.74 Å². The van der Waals surface area contributed by atoms with Gasteiger partial charge in [-0.3, -0.25) is 4.90 Å². The van der Waals surface area contributed by atoms with Gasteiger partial charge >= 0.3 is 0 Å². The number of rotatable bonds is 2. The van der Waals surface area contributed by atoms with Crippen LogP contribution in [-0.2, 0) is 0 Å². The fourth-order valence-electron chi connectivity index (χ4n) is 2.67. The molecule has 0 saturated carbocycles. The molecule has 3 saturated heterocycles. The second-order valence-corrected chi connectivity index (χ2v) is 5.91. The van der Waals surface area contributed by atoms with Crippen LogP contribution in [0.1, 0.15) is 17.7 Å². The minimum absolute atomic E-state index is 0.450. The Balaban J connectivity index is 1.68. The number of hydrogen-bond acceptors (Lipinski definition) is 3. The lowest BCUT2D eigenvalue weighted by Crippen LogP contribution is -2.52. The molecule has 3 aliphatic heterocycles. The van der Waals surface area contributed by atoms with Crippen molar-refractivity contribution in [2.75, 3.05) is 19.6 Å². The highest BCUT2D eigenvalue weighted by atomic mass is 32.1. The lowest BCUT2D eigenvalue weighted by molar-refractivity contribution is -0.00590. The zero-order chi connectivity index (χ0) is 10.3. The van der Waals surface area contributed by atoms with Crippen LogP contribution >= 0.6 is 11.3 Å². The molecule has 0 N–H and O–H groups in total. The maximum atomic E-state index is 6.09. The van der Waals surface area contributed by atoms with Crippen molar-refractivity contribution in [3.8, 4) is 5.06 Å². The normalized spacial score (nSPS) is 34.3. The van der Waals surface area contributed by atoms with Gasteiger partial charge < -0.3 is 4.74 Å².